The summed E-state index contributed by atoms with van der Waals surface area (Å²) in [7, 11) is 0. The number of rotatable bonds is 5. The van der Waals surface area contributed by atoms with Crippen LogP contribution in [0.2, 0.25) is 0 Å². The first-order valence-corrected chi connectivity index (χ1v) is 9.15. The van der Waals surface area contributed by atoms with Crippen LogP contribution in [0.25, 0.3) is 10.9 Å². The van der Waals surface area contributed by atoms with Crippen molar-refractivity contribution in [1.29, 1.82) is 0 Å². The molecule has 0 radical (unpaired) electrons. The number of aliphatic carboxylic acids is 1. The van der Waals surface area contributed by atoms with E-state index in [9.17, 15) is 14.7 Å². The van der Waals surface area contributed by atoms with Crippen LogP contribution >= 0.6 is 0 Å². The highest BCUT2D eigenvalue weighted by atomic mass is 16.5. The minimum atomic E-state index is -0.901. The number of fused-ring (bicyclic) bond motifs is 1. The Morgan fingerprint density at radius 2 is 1.86 bits per heavy atom. The number of benzene rings is 2. The molecule has 2 heterocycles. The number of carboxylic acid groups (broad SMARTS) is 1. The number of aromatic amines is 1. The molecule has 0 unspecified atom stereocenters. The maximum absolute atomic E-state index is 12.4. The predicted octanol–water partition coefficient (Wildman–Crippen LogP) is 2.88. The normalized spacial score (nSPS) is 16.0. The van der Waals surface area contributed by atoms with Gasteiger partial charge in [-0.1, -0.05) is 18.2 Å². The SMILES string of the molecule is O=C(Nc1ccc2[nH]cc([C@@H](C(=O)O)N3CCOCC3)c2c1)c1ccccc1. The second-order valence-corrected chi connectivity index (χ2v) is 6.71. The molecule has 1 aliphatic rings. The van der Waals surface area contributed by atoms with Crippen molar-refractivity contribution in [3.05, 3.63) is 65.9 Å². The molecule has 0 saturated carbocycles. The van der Waals surface area contributed by atoms with Crippen LogP contribution in [0.15, 0.2) is 54.7 Å². The van der Waals surface area contributed by atoms with Crippen molar-refractivity contribution in [3.8, 4) is 0 Å². The van der Waals surface area contributed by atoms with E-state index in [2.05, 4.69) is 10.3 Å². The molecular formula is C21H21N3O4. The molecule has 3 aromatic rings. The Morgan fingerprint density at radius 3 is 2.57 bits per heavy atom. The Hall–Kier alpha value is -3.16. The highest BCUT2D eigenvalue weighted by Gasteiger charge is 2.30. The summed E-state index contributed by atoms with van der Waals surface area (Å²) in [6.07, 6.45) is 1.74. The van der Waals surface area contributed by atoms with Gasteiger partial charge in [0.1, 0.15) is 6.04 Å². The third-order valence-electron chi connectivity index (χ3n) is 4.95. The lowest BCUT2D eigenvalue weighted by Gasteiger charge is -2.31. The molecule has 144 valence electrons. The van der Waals surface area contributed by atoms with E-state index < -0.39 is 12.0 Å². The number of H-pyrrole nitrogens is 1. The zero-order chi connectivity index (χ0) is 19.5. The number of carbonyl (C=O) groups is 2. The molecular weight excluding hydrogens is 358 g/mol. The minimum Gasteiger partial charge on any atom is -0.480 e. The maximum Gasteiger partial charge on any atom is 0.325 e. The van der Waals surface area contributed by atoms with E-state index in [4.69, 9.17) is 4.74 Å². The van der Waals surface area contributed by atoms with Gasteiger partial charge in [0.25, 0.3) is 5.91 Å². The van der Waals surface area contributed by atoms with Gasteiger partial charge in [-0.25, -0.2) is 0 Å². The second kappa shape index (κ2) is 7.84. The van der Waals surface area contributed by atoms with Crippen molar-refractivity contribution < 1.29 is 19.4 Å². The molecule has 1 saturated heterocycles. The van der Waals surface area contributed by atoms with Gasteiger partial charge in [-0.2, -0.15) is 0 Å². The molecule has 1 aromatic heterocycles. The van der Waals surface area contributed by atoms with Crippen LogP contribution in [0.5, 0.6) is 0 Å². The lowest BCUT2D eigenvalue weighted by atomic mass is 10.0. The molecule has 7 heteroatoms. The summed E-state index contributed by atoms with van der Waals surface area (Å²) in [5.41, 5.74) is 2.69. The van der Waals surface area contributed by atoms with E-state index >= 15 is 0 Å². The van der Waals surface area contributed by atoms with E-state index in [0.29, 0.717) is 43.1 Å². The van der Waals surface area contributed by atoms with Crippen LogP contribution in [0.4, 0.5) is 5.69 Å². The monoisotopic (exact) mass is 379 g/mol. The van der Waals surface area contributed by atoms with Crippen LogP contribution in [0, 0.1) is 0 Å². The van der Waals surface area contributed by atoms with Gasteiger partial charge < -0.3 is 20.1 Å². The number of nitrogens with zero attached hydrogens (tertiary/aromatic N) is 1. The first-order chi connectivity index (χ1) is 13.6. The Bertz CT molecular complexity index is 993. The number of hydrogen-bond donors (Lipinski definition) is 3. The topological polar surface area (TPSA) is 94.7 Å². The van der Waals surface area contributed by atoms with Gasteiger partial charge in [0.15, 0.2) is 0 Å². The third kappa shape index (κ3) is 3.62. The molecule has 0 aliphatic carbocycles. The fraction of sp³-hybridized carbons (Fsp3) is 0.238. The van der Waals surface area contributed by atoms with E-state index in [1.807, 2.05) is 35.2 Å². The first-order valence-electron chi connectivity index (χ1n) is 9.15. The highest BCUT2D eigenvalue weighted by Crippen LogP contribution is 2.31. The molecule has 1 amide bonds. The number of morpholine rings is 1. The summed E-state index contributed by atoms with van der Waals surface area (Å²) in [4.78, 5) is 29.5. The van der Waals surface area contributed by atoms with Gasteiger partial charge in [0.05, 0.1) is 13.2 Å². The zero-order valence-electron chi connectivity index (χ0n) is 15.2. The standard InChI is InChI=1S/C21H21N3O4/c25-20(14-4-2-1-3-5-14)23-15-6-7-18-16(12-15)17(13-22-18)19(21(26)27)24-8-10-28-11-9-24/h1-7,12-13,19,22H,8-11H2,(H,23,25)(H,26,27)/t19-/m0/s1. The van der Waals surface area contributed by atoms with Gasteiger partial charge in [0, 0.05) is 47.0 Å². The highest BCUT2D eigenvalue weighted by molar-refractivity contribution is 6.05. The molecule has 4 rings (SSSR count). The molecule has 2 aromatic carbocycles. The molecule has 7 nitrogen and oxygen atoms in total. The van der Waals surface area contributed by atoms with Crippen molar-refractivity contribution in [2.75, 3.05) is 31.6 Å². The van der Waals surface area contributed by atoms with E-state index in [1.165, 1.54) is 0 Å². The second-order valence-electron chi connectivity index (χ2n) is 6.71. The van der Waals surface area contributed by atoms with Gasteiger partial charge in [0.2, 0.25) is 0 Å². The number of ether oxygens (including phenoxy) is 1. The van der Waals surface area contributed by atoms with Crippen LogP contribution in [-0.4, -0.2) is 53.2 Å². The first kappa shape index (κ1) is 18.2. The number of anilines is 1. The largest absolute Gasteiger partial charge is 0.480 e. The van der Waals surface area contributed by atoms with Gasteiger partial charge in [-0.05, 0) is 30.3 Å². The quantitative estimate of drug-likeness (QED) is 0.634. The van der Waals surface area contributed by atoms with Crippen LogP contribution in [0.3, 0.4) is 0 Å². The van der Waals surface area contributed by atoms with Gasteiger partial charge in [-0.3, -0.25) is 14.5 Å². The summed E-state index contributed by atoms with van der Waals surface area (Å²) < 4.78 is 5.35. The summed E-state index contributed by atoms with van der Waals surface area (Å²) in [5, 5.41) is 13.5. The molecule has 3 N–H and O–H groups in total. The summed E-state index contributed by atoms with van der Waals surface area (Å²) in [5.74, 6) is -1.11. The molecule has 1 fully saturated rings. The van der Waals surface area contributed by atoms with Crippen molar-refractivity contribution in [1.82, 2.24) is 9.88 Å². The van der Waals surface area contributed by atoms with Crippen molar-refractivity contribution in [3.63, 3.8) is 0 Å². The average molecular weight is 379 g/mol. The Kier molecular flexibility index (Phi) is 5.10. The molecule has 0 bridgehead atoms. The average Bonchev–Trinajstić information content (AvgIpc) is 3.12. The lowest BCUT2D eigenvalue weighted by molar-refractivity contribution is -0.145. The number of nitrogens with one attached hydrogen (secondary N) is 2. The van der Waals surface area contributed by atoms with Gasteiger partial charge >= 0.3 is 5.97 Å². The van der Waals surface area contributed by atoms with E-state index in [1.54, 1.807) is 24.4 Å². The van der Waals surface area contributed by atoms with Crippen molar-refractivity contribution in [2.24, 2.45) is 0 Å². The third-order valence-corrected chi connectivity index (χ3v) is 4.95. The van der Waals surface area contributed by atoms with Crippen molar-refractivity contribution >= 4 is 28.5 Å². The summed E-state index contributed by atoms with van der Waals surface area (Å²) in [6, 6.07) is 13.7. The van der Waals surface area contributed by atoms with Crippen LogP contribution in [-0.2, 0) is 9.53 Å². The smallest absolute Gasteiger partial charge is 0.325 e. The maximum atomic E-state index is 12.4. The fourth-order valence-electron chi connectivity index (χ4n) is 3.56. The number of carboxylic acids is 1. The predicted molar refractivity (Wildman–Crippen MR) is 105 cm³/mol. The van der Waals surface area contributed by atoms with E-state index in [-0.39, 0.29) is 5.91 Å². The molecule has 1 aliphatic heterocycles. The van der Waals surface area contributed by atoms with Crippen LogP contribution < -0.4 is 5.32 Å². The van der Waals surface area contributed by atoms with Crippen molar-refractivity contribution in [2.45, 2.75) is 6.04 Å². The minimum absolute atomic E-state index is 0.208. The number of amides is 1. The van der Waals surface area contributed by atoms with Gasteiger partial charge in [-0.15, -0.1) is 0 Å². The fourth-order valence-corrected chi connectivity index (χ4v) is 3.56. The number of carbonyl (C=O) groups excluding carboxylic acids is 1. The molecule has 28 heavy (non-hydrogen) atoms. The molecule has 1 atom stereocenters. The zero-order valence-corrected chi connectivity index (χ0v) is 15.2. The van der Waals surface area contributed by atoms with Crippen LogP contribution in [0.1, 0.15) is 22.0 Å². The Morgan fingerprint density at radius 1 is 1.11 bits per heavy atom. The number of aromatic nitrogens is 1. The molecule has 0 spiro atoms. The Balaban J connectivity index is 1.65. The lowest BCUT2D eigenvalue weighted by Crippen LogP contribution is -2.42. The summed E-state index contributed by atoms with van der Waals surface area (Å²) >= 11 is 0. The van der Waals surface area contributed by atoms with E-state index in [0.717, 1.165) is 10.9 Å². The number of hydrogen-bond acceptors (Lipinski definition) is 4. The summed E-state index contributed by atoms with van der Waals surface area (Å²) in [6.45, 7) is 2.16. The Labute approximate surface area is 161 Å².